The van der Waals surface area contributed by atoms with Crippen LogP contribution in [0.1, 0.15) is 0 Å². The number of nitro groups is 1. The van der Waals surface area contributed by atoms with Crippen molar-refractivity contribution in [3.8, 4) is 17.2 Å². The first-order valence-corrected chi connectivity index (χ1v) is 5.04. The fraction of sp³-hybridized carbons (Fsp3) is 0.400. The maximum atomic E-state index is 10.7. The Kier molecular flexibility index (Phi) is 3.01. The molecule has 1 aliphatic heterocycles. The molecule has 0 saturated carbocycles. The van der Waals surface area contributed by atoms with Gasteiger partial charge in [0.15, 0.2) is 5.75 Å². The van der Waals surface area contributed by atoms with Gasteiger partial charge in [-0.2, -0.15) is 0 Å². The van der Waals surface area contributed by atoms with Gasteiger partial charge in [0.25, 0.3) is 0 Å². The minimum Gasteiger partial charge on any atom is -0.500 e. The molecule has 0 amide bonds. The second kappa shape index (κ2) is 4.46. The summed E-state index contributed by atoms with van der Waals surface area (Å²) in [6.07, 6.45) is 0.00357. The number of hydrogen-bond donors (Lipinski definition) is 2. The molecule has 1 saturated heterocycles. The van der Waals surface area contributed by atoms with Crippen molar-refractivity contribution in [1.82, 2.24) is 5.32 Å². The Morgan fingerprint density at radius 1 is 1.53 bits per heavy atom. The molecule has 0 spiro atoms. The van der Waals surface area contributed by atoms with Crippen LogP contribution < -0.4 is 14.8 Å². The van der Waals surface area contributed by atoms with Gasteiger partial charge in [-0.25, -0.2) is 0 Å². The predicted molar refractivity (Wildman–Crippen MR) is 58.6 cm³/mol. The Morgan fingerprint density at radius 3 is 2.71 bits per heavy atom. The van der Waals surface area contributed by atoms with Gasteiger partial charge >= 0.3 is 5.69 Å². The molecular weight excluding hydrogens is 228 g/mol. The van der Waals surface area contributed by atoms with E-state index >= 15 is 0 Å². The lowest BCUT2D eigenvalue weighted by Gasteiger charge is -2.27. The molecule has 0 aromatic heterocycles. The van der Waals surface area contributed by atoms with Crippen molar-refractivity contribution in [2.45, 2.75) is 6.10 Å². The third kappa shape index (κ3) is 2.23. The first-order valence-electron chi connectivity index (χ1n) is 5.04. The molecular formula is C10H12N2O5. The average molecular weight is 240 g/mol. The summed E-state index contributed by atoms with van der Waals surface area (Å²) in [5.74, 6) is -0.143. The molecule has 1 aromatic carbocycles. The SMILES string of the molecule is COc1cc(OC2CNC2)cc([N+](=O)[O-])c1O. The molecule has 0 aliphatic carbocycles. The quantitative estimate of drug-likeness (QED) is 0.593. The molecule has 2 N–H and O–H groups in total. The maximum absolute atomic E-state index is 10.7. The fourth-order valence-corrected chi connectivity index (χ4v) is 1.47. The average Bonchev–Trinajstić information content (AvgIpc) is 2.24. The second-order valence-corrected chi connectivity index (χ2v) is 3.65. The molecule has 92 valence electrons. The van der Waals surface area contributed by atoms with E-state index in [1.165, 1.54) is 19.2 Å². The number of hydrogen-bond acceptors (Lipinski definition) is 6. The highest BCUT2D eigenvalue weighted by Crippen LogP contribution is 2.39. The van der Waals surface area contributed by atoms with E-state index in [1.54, 1.807) is 0 Å². The van der Waals surface area contributed by atoms with Crippen LogP contribution in [0.15, 0.2) is 12.1 Å². The summed E-state index contributed by atoms with van der Waals surface area (Å²) in [4.78, 5) is 10.1. The van der Waals surface area contributed by atoms with Crippen molar-refractivity contribution < 1.29 is 19.5 Å². The summed E-state index contributed by atoms with van der Waals surface area (Å²) in [6.45, 7) is 1.41. The number of rotatable bonds is 4. The zero-order valence-electron chi connectivity index (χ0n) is 9.17. The van der Waals surface area contributed by atoms with Gasteiger partial charge in [0.2, 0.25) is 5.75 Å². The van der Waals surface area contributed by atoms with E-state index in [9.17, 15) is 15.2 Å². The van der Waals surface area contributed by atoms with Crippen LogP contribution in [0.5, 0.6) is 17.2 Å². The molecule has 0 bridgehead atoms. The van der Waals surface area contributed by atoms with E-state index in [-0.39, 0.29) is 11.9 Å². The van der Waals surface area contributed by atoms with Crippen LogP contribution >= 0.6 is 0 Å². The number of phenols is 1. The zero-order chi connectivity index (χ0) is 12.4. The van der Waals surface area contributed by atoms with Crippen molar-refractivity contribution in [3.05, 3.63) is 22.2 Å². The lowest BCUT2D eigenvalue weighted by molar-refractivity contribution is -0.386. The van der Waals surface area contributed by atoms with Gasteiger partial charge in [0.05, 0.1) is 18.1 Å². The maximum Gasteiger partial charge on any atom is 0.318 e. The Labute approximate surface area is 97.1 Å². The molecule has 0 radical (unpaired) electrons. The molecule has 1 aliphatic rings. The van der Waals surface area contributed by atoms with Crippen molar-refractivity contribution in [1.29, 1.82) is 0 Å². The number of nitrogens with one attached hydrogen (secondary N) is 1. The fourth-order valence-electron chi connectivity index (χ4n) is 1.47. The molecule has 0 atom stereocenters. The van der Waals surface area contributed by atoms with Gasteiger partial charge in [-0.1, -0.05) is 0 Å². The van der Waals surface area contributed by atoms with Crippen LogP contribution in [0, 0.1) is 10.1 Å². The number of aromatic hydroxyl groups is 1. The molecule has 1 aromatic rings. The van der Waals surface area contributed by atoms with Gasteiger partial charge in [-0.3, -0.25) is 10.1 Å². The number of nitrogens with zero attached hydrogens (tertiary/aromatic N) is 1. The molecule has 7 heteroatoms. The van der Waals surface area contributed by atoms with E-state index in [1.807, 2.05) is 0 Å². The minimum absolute atomic E-state index is 0.00357. The van der Waals surface area contributed by atoms with Gasteiger partial charge in [-0.15, -0.1) is 0 Å². The summed E-state index contributed by atoms with van der Waals surface area (Å²) >= 11 is 0. The van der Waals surface area contributed by atoms with Crippen LogP contribution in [0.25, 0.3) is 0 Å². The number of phenolic OH excluding ortho intramolecular Hbond substituents is 1. The highest BCUT2D eigenvalue weighted by atomic mass is 16.6. The largest absolute Gasteiger partial charge is 0.500 e. The predicted octanol–water partition coefficient (Wildman–Crippen LogP) is 0.660. The Hall–Kier alpha value is -2.02. The van der Waals surface area contributed by atoms with E-state index in [0.717, 1.165) is 0 Å². The zero-order valence-corrected chi connectivity index (χ0v) is 9.17. The number of benzene rings is 1. The standard InChI is InChI=1S/C10H12N2O5/c1-16-9-3-6(17-7-4-11-5-7)2-8(10(9)13)12(14)15/h2-3,7,11,13H,4-5H2,1H3. The summed E-state index contributed by atoms with van der Waals surface area (Å²) in [5.41, 5.74) is -0.424. The molecule has 7 nitrogen and oxygen atoms in total. The summed E-state index contributed by atoms with van der Waals surface area (Å²) in [7, 11) is 1.33. The minimum atomic E-state index is -0.677. The molecule has 2 rings (SSSR count). The van der Waals surface area contributed by atoms with E-state index in [0.29, 0.717) is 18.8 Å². The van der Waals surface area contributed by atoms with Crippen LogP contribution in [0.2, 0.25) is 0 Å². The topological polar surface area (TPSA) is 93.9 Å². The monoisotopic (exact) mass is 240 g/mol. The Bertz CT molecular complexity index is 445. The van der Waals surface area contributed by atoms with Crippen molar-refractivity contribution >= 4 is 5.69 Å². The van der Waals surface area contributed by atoms with E-state index < -0.39 is 16.4 Å². The summed E-state index contributed by atoms with van der Waals surface area (Å²) in [6, 6.07) is 2.62. The van der Waals surface area contributed by atoms with Crippen molar-refractivity contribution in [2.24, 2.45) is 0 Å². The highest BCUT2D eigenvalue weighted by Gasteiger charge is 2.24. The first-order chi connectivity index (χ1) is 8.11. The van der Waals surface area contributed by atoms with E-state index in [2.05, 4.69) is 5.32 Å². The summed E-state index contributed by atoms with van der Waals surface area (Å²) < 4.78 is 10.3. The second-order valence-electron chi connectivity index (χ2n) is 3.65. The van der Waals surface area contributed by atoms with Gasteiger partial charge in [0, 0.05) is 19.2 Å². The molecule has 1 heterocycles. The lowest BCUT2D eigenvalue weighted by Crippen LogP contribution is -2.50. The third-order valence-corrected chi connectivity index (χ3v) is 2.49. The summed E-state index contributed by atoms with van der Waals surface area (Å²) in [5, 5.41) is 23.3. The van der Waals surface area contributed by atoms with Crippen LogP contribution in [-0.4, -0.2) is 36.3 Å². The number of ether oxygens (including phenoxy) is 2. The first kappa shape index (κ1) is 11.5. The highest BCUT2D eigenvalue weighted by molar-refractivity contribution is 5.59. The Morgan fingerprint density at radius 2 is 2.24 bits per heavy atom. The Balaban J connectivity index is 2.31. The van der Waals surface area contributed by atoms with Crippen LogP contribution in [0.4, 0.5) is 5.69 Å². The van der Waals surface area contributed by atoms with Gasteiger partial charge < -0.3 is 19.9 Å². The van der Waals surface area contributed by atoms with Crippen LogP contribution in [-0.2, 0) is 0 Å². The van der Waals surface area contributed by atoms with Crippen LogP contribution in [0.3, 0.4) is 0 Å². The number of nitro benzene ring substituents is 1. The molecule has 17 heavy (non-hydrogen) atoms. The molecule has 1 fully saturated rings. The number of methoxy groups -OCH3 is 1. The van der Waals surface area contributed by atoms with Crippen molar-refractivity contribution in [3.63, 3.8) is 0 Å². The van der Waals surface area contributed by atoms with Crippen molar-refractivity contribution in [2.75, 3.05) is 20.2 Å². The third-order valence-electron chi connectivity index (χ3n) is 2.49. The van der Waals surface area contributed by atoms with Gasteiger partial charge in [-0.05, 0) is 0 Å². The molecule has 0 unspecified atom stereocenters. The normalized spacial score (nSPS) is 15.1. The smallest absolute Gasteiger partial charge is 0.318 e. The van der Waals surface area contributed by atoms with E-state index in [4.69, 9.17) is 9.47 Å². The van der Waals surface area contributed by atoms with Gasteiger partial charge in [0.1, 0.15) is 11.9 Å². The lowest BCUT2D eigenvalue weighted by atomic mass is 10.2.